The van der Waals surface area contributed by atoms with Crippen molar-refractivity contribution in [1.29, 1.82) is 0 Å². The van der Waals surface area contributed by atoms with Gasteiger partial charge in [0.15, 0.2) is 21.7 Å². The van der Waals surface area contributed by atoms with Gasteiger partial charge in [-0.2, -0.15) is 0 Å². The lowest BCUT2D eigenvalue weighted by Crippen LogP contribution is -2.48. The van der Waals surface area contributed by atoms with E-state index in [1.807, 2.05) is 12.1 Å². The summed E-state index contributed by atoms with van der Waals surface area (Å²) in [5.41, 5.74) is 0.850. The van der Waals surface area contributed by atoms with E-state index < -0.39 is 0 Å². The minimum atomic E-state index is -0.196. The van der Waals surface area contributed by atoms with Crippen LogP contribution in [0.5, 0.6) is 11.5 Å². The topological polar surface area (TPSA) is 123 Å². The van der Waals surface area contributed by atoms with E-state index in [0.29, 0.717) is 53.6 Å². The first-order chi connectivity index (χ1) is 17.4. The third kappa shape index (κ3) is 6.55. The molecule has 1 aliphatic heterocycles. The number of piperazine rings is 1. The van der Waals surface area contributed by atoms with Gasteiger partial charge < -0.3 is 29.1 Å². The van der Waals surface area contributed by atoms with Crippen LogP contribution in [0.25, 0.3) is 6.08 Å². The number of anilines is 2. The highest BCUT2D eigenvalue weighted by Crippen LogP contribution is 2.29. The number of hydrogen-bond donors (Lipinski definition) is 1. The largest absolute Gasteiger partial charge is 0.493 e. The Hall–Kier alpha value is -3.58. The number of aromatic nitrogens is 3. The molecule has 1 fully saturated rings. The van der Waals surface area contributed by atoms with Gasteiger partial charge in [0.1, 0.15) is 5.76 Å². The normalized spacial score (nSPS) is 13.8. The SMILES string of the molecule is COc1ccc(/C=C/C(=O)N2CCN(c3nnc(SCC(=O)Nc4cc(C)on4)s3)CC2)cc1OC. The van der Waals surface area contributed by atoms with Crippen molar-refractivity contribution in [3.05, 3.63) is 41.7 Å². The minimum Gasteiger partial charge on any atom is -0.493 e. The van der Waals surface area contributed by atoms with E-state index in [1.165, 1.54) is 23.1 Å². The molecule has 2 amide bonds. The van der Waals surface area contributed by atoms with Gasteiger partial charge in [0.2, 0.25) is 16.9 Å². The first kappa shape index (κ1) is 25.5. The maximum absolute atomic E-state index is 12.7. The lowest BCUT2D eigenvalue weighted by Gasteiger charge is -2.33. The molecule has 11 nitrogen and oxygen atoms in total. The van der Waals surface area contributed by atoms with Crippen molar-refractivity contribution in [3.63, 3.8) is 0 Å². The van der Waals surface area contributed by atoms with Crippen molar-refractivity contribution >= 4 is 51.9 Å². The van der Waals surface area contributed by atoms with E-state index in [4.69, 9.17) is 14.0 Å². The summed E-state index contributed by atoms with van der Waals surface area (Å²) in [7, 11) is 3.16. The zero-order valence-corrected chi connectivity index (χ0v) is 21.7. The van der Waals surface area contributed by atoms with E-state index in [0.717, 1.165) is 10.7 Å². The first-order valence-corrected chi connectivity index (χ1v) is 12.9. The average molecular weight is 531 g/mol. The number of carbonyl (C=O) groups is 2. The number of nitrogens with one attached hydrogen (secondary N) is 1. The van der Waals surface area contributed by atoms with Gasteiger partial charge in [-0.15, -0.1) is 10.2 Å². The number of nitrogens with zero attached hydrogens (tertiary/aromatic N) is 5. The Morgan fingerprint density at radius 1 is 1.14 bits per heavy atom. The second kappa shape index (κ2) is 11.9. The Morgan fingerprint density at radius 2 is 1.92 bits per heavy atom. The molecule has 0 atom stereocenters. The second-order valence-electron chi connectivity index (χ2n) is 7.77. The summed E-state index contributed by atoms with van der Waals surface area (Å²) in [6.45, 7) is 4.22. The molecular weight excluding hydrogens is 504 g/mol. The third-order valence-electron chi connectivity index (χ3n) is 5.31. The summed E-state index contributed by atoms with van der Waals surface area (Å²) >= 11 is 2.74. The lowest BCUT2D eigenvalue weighted by atomic mass is 10.2. The molecule has 4 rings (SSSR count). The Balaban J connectivity index is 1.24. The van der Waals surface area contributed by atoms with Crippen LogP contribution in [0.4, 0.5) is 10.9 Å². The summed E-state index contributed by atoms with van der Waals surface area (Å²) in [6, 6.07) is 7.15. The number of aryl methyl sites for hydroxylation is 1. The molecule has 0 aliphatic carbocycles. The fourth-order valence-corrected chi connectivity index (χ4v) is 5.16. The van der Waals surface area contributed by atoms with Crippen LogP contribution in [-0.4, -0.2) is 78.2 Å². The smallest absolute Gasteiger partial charge is 0.246 e. The maximum Gasteiger partial charge on any atom is 0.246 e. The molecule has 1 aromatic carbocycles. The molecule has 0 bridgehead atoms. The number of hydrogen-bond acceptors (Lipinski definition) is 11. The molecule has 1 saturated heterocycles. The van der Waals surface area contributed by atoms with Gasteiger partial charge in [-0.3, -0.25) is 9.59 Å². The van der Waals surface area contributed by atoms with Crippen LogP contribution < -0.4 is 19.7 Å². The number of methoxy groups -OCH3 is 2. The molecule has 0 spiro atoms. The lowest BCUT2D eigenvalue weighted by molar-refractivity contribution is -0.126. The van der Waals surface area contributed by atoms with Crippen LogP contribution in [0, 0.1) is 6.92 Å². The standard InChI is InChI=1S/C23H26N6O5S2/c1-15-12-19(27-34-15)24-20(30)14-35-23-26-25-22(36-23)29-10-8-28(9-11-29)21(31)7-5-16-4-6-17(32-2)18(13-16)33-3/h4-7,12-13H,8-11,14H2,1-3H3,(H,24,27,30)/b7-5+. The van der Waals surface area contributed by atoms with E-state index in [9.17, 15) is 9.59 Å². The zero-order chi connectivity index (χ0) is 25.5. The molecule has 0 unspecified atom stereocenters. The van der Waals surface area contributed by atoms with Crippen LogP contribution in [0.3, 0.4) is 0 Å². The number of rotatable bonds is 9. The highest BCUT2D eigenvalue weighted by atomic mass is 32.2. The molecule has 1 N–H and O–H groups in total. The highest BCUT2D eigenvalue weighted by Gasteiger charge is 2.22. The van der Waals surface area contributed by atoms with Crippen molar-refractivity contribution in [2.45, 2.75) is 11.3 Å². The Morgan fingerprint density at radius 3 is 2.61 bits per heavy atom. The van der Waals surface area contributed by atoms with Crippen molar-refractivity contribution in [3.8, 4) is 11.5 Å². The molecule has 36 heavy (non-hydrogen) atoms. The van der Waals surface area contributed by atoms with Crippen LogP contribution >= 0.6 is 23.1 Å². The monoisotopic (exact) mass is 530 g/mol. The van der Waals surface area contributed by atoms with E-state index in [1.54, 1.807) is 50.3 Å². The number of amides is 2. The van der Waals surface area contributed by atoms with E-state index >= 15 is 0 Å². The van der Waals surface area contributed by atoms with Crippen molar-refractivity contribution in [2.24, 2.45) is 0 Å². The summed E-state index contributed by atoms with van der Waals surface area (Å²) < 4.78 is 16.2. The first-order valence-electron chi connectivity index (χ1n) is 11.1. The molecule has 190 valence electrons. The van der Waals surface area contributed by atoms with Gasteiger partial charge in [-0.25, -0.2) is 0 Å². The molecule has 0 radical (unpaired) electrons. The molecule has 2 aromatic heterocycles. The average Bonchev–Trinajstić information content (AvgIpc) is 3.54. The number of thioether (sulfide) groups is 1. The Bertz CT molecular complexity index is 1240. The van der Waals surface area contributed by atoms with Crippen molar-refractivity contribution in [1.82, 2.24) is 20.3 Å². The van der Waals surface area contributed by atoms with Crippen LogP contribution in [0.2, 0.25) is 0 Å². The fourth-order valence-electron chi connectivity index (χ4n) is 3.47. The van der Waals surface area contributed by atoms with Crippen molar-refractivity contribution < 1.29 is 23.6 Å². The van der Waals surface area contributed by atoms with Crippen LogP contribution in [0.15, 0.2) is 39.2 Å². The summed E-state index contributed by atoms with van der Waals surface area (Å²) in [4.78, 5) is 28.7. The van der Waals surface area contributed by atoms with Gasteiger partial charge in [-0.05, 0) is 30.7 Å². The highest BCUT2D eigenvalue weighted by molar-refractivity contribution is 8.01. The summed E-state index contributed by atoms with van der Waals surface area (Å²) in [5, 5.41) is 15.6. The maximum atomic E-state index is 12.7. The Kier molecular flexibility index (Phi) is 8.44. The van der Waals surface area contributed by atoms with Gasteiger partial charge in [0, 0.05) is 38.3 Å². The Labute approximate surface area is 216 Å². The second-order valence-corrected chi connectivity index (χ2v) is 9.95. The molecule has 3 heterocycles. The predicted octanol–water partition coefficient (Wildman–Crippen LogP) is 2.94. The van der Waals surface area contributed by atoms with Crippen molar-refractivity contribution in [2.75, 3.05) is 56.4 Å². The van der Waals surface area contributed by atoms with E-state index in [2.05, 4.69) is 25.6 Å². The molecule has 0 saturated carbocycles. The van der Waals surface area contributed by atoms with Crippen LogP contribution in [-0.2, 0) is 9.59 Å². The summed E-state index contributed by atoms with van der Waals surface area (Å²) in [5.74, 6) is 2.21. The number of carbonyl (C=O) groups excluding carboxylic acids is 2. The predicted molar refractivity (Wildman–Crippen MR) is 138 cm³/mol. The zero-order valence-electron chi connectivity index (χ0n) is 20.1. The fraction of sp³-hybridized carbons (Fsp3) is 0.348. The summed E-state index contributed by atoms with van der Waals surface area (Å²) in [6.07, 6.45) is 3.34. The minimum absolute atomic E-state index is 0.0498. The number of ether oxygens (including phenoxy) is 2. The van der Waals surface area contributed by atoms with Gasteiger partial charge in [-0.1, -0.05) is 34.3 Å². The van der Waals surface area contributed by atoms with Crippen LogP contribution in [0.1, 0.15) is 11.3 Å². The molecule has 1 aliphatic rings. The van der Waals surface area contributed by atoms with Gasteiger partial charge in [0.25, 0.3) is 0 Å². The quantitative estimate of drug-likeness (QED) is 0.326. The molecular formula is C23H26N6O5S2. The number of benzene rings is 1. The molecule has 3 aromatic rings. The van der Waals surface area contributed by atoms with E-state index in [-0.39, 0.29) is 17.6 Å². The van der Waals surface area contributed by atoms with Gasteiger partial charge in [0.05, 0.1) is 20.0 Å². The van der Waals surface area contributed by atoms with Gasteiger partial charge >= 0.3 is 0 Å². The third-order valence-corrected chi connectivity index (χ3v) is 7.42. The molecule has 13 heteroatoms.